The third kappa shape index (κ3) is 9.08. The second-order valence-corrected chi connectivity index (χ2v) is 11.5. The predicted molar refractivity (Wildman–Crippen MR) is 169 cm³/mol. The van der Waals surface area contributed by atoms with Crippen molar-refractivity contribution in [3.8, 4) is 5.75 Å². The number of rotatable bonds is 13. The summed E-state index contributed by atoms with van der Waals surface area (Å²) in [6.45, 7) is 6.20. The number of nitrogens with zero attached hydrogens (tertiary/aromatic N) is 2. The summed E-state index contributed by atoms with van der Waals surface area (Å²) in [5.74, 6) is 0.842. The van der Waals surface area contributed by atoms with Gasteiger partial charge in [-0.25, -0.2) is 0 Å². The maximum absolute atomic E-state index is 13.7. The first-order valence-corrected chi connectivity index (χ1v) is 15.4. The van der Waals surface area contributed by atoms with Crippen molar-refractivity contribution in [1.82, 2.24) is 9.80 Å². The quantitative estimate of drug-likeness (QED) is 0.140. The fourth-order valence-electron chi connectivity index (χ4n) is 5.66. The zero-order valence-electron chi connectivity index (χ0n) is 24.7. The Morgan fingerprint density at radius 1 is 0.841 bits per heavy atom. The molecule has 0 unspecified atom stereocenters. The van der Waals surface area contributed by atoms with Gasteiger partial charge < -0.3 is 9.47 Å². The topological polar surface area (TPSA) is 24.9 Å². The minimum atomic E-state index is -4.52. The SMILES string of the molecule is FC(F)(F)c1cccc(CN(CCCOc2cccc(CN3CCOCC3)c2)CC(c2ccccc2)c2ccccc2)c1Cl. The van der Waals surface area contributed by atoms with E-state index in [0.29, 0.717) is 31.7 Å². The Morgan fingerprint density at radius 3 is 2.16 bits per heavy atom. The molecule has 0 bridgehead atoms. The molecular weight excluding hydrogens is 585 g/mol. The number of morpholine rings is 1. The number of halogens is 4. The molecule has 44 heavy (non-hydrogen) atoms. The van der Waals surface area contributed by atoms with Crippen LogP contribution in [0, 0.1) is 0 Å². The van der Waals surface area contributed by atoms with Gasteiger partial charge in [-0.05, 0) is 46.9 Å². The molecule has 0 aromatic heterocycles. The van der Waals surface area contributed by atoms with Gasteiger partial charge in [0.05, 0.1) is 30.4 Å². The molecule has 1 fully saturated rings. The zero-order valence-corrected chi connectivity index (χ0v) is 25.4. The maximum atomic E-state index is 13.7. The molecular formula is C36H38ClF3N2O2. The summed E-state index contributed by atoms with van der Waals surface area (Å²) in [7, 11) is 0. The van der Waals surface area contributed by atoms with Crippen LogP contribution in [0.15, 0.2) is 103 Å². The standard InChI is InChI=1S/C36H38ClF3N2O2/c37-35-31(15-8-17-34(35)36(38,39)40)26-42(27-33(29-11-3-1-4-12-29)30-13-5-2-6-14-30)18-9-21-44-32-16-7-10-28(24-32)25-41-19-22-43-23-20-41/h1-8,10-17,24,33H,9,18-23,25-27H2. The van der Waals surface area contributed by atoms with E-state index in [1.807, 2.05) is 48.5 Å². The number of hydrogen-bond acceptors (Lipinski definition) is 4. The van der Waals surface area contributed by atoms with E-state index in [0.717, 1.165) is 55.8 Å². The Balaban J connectivity index is 1.30. The van der Waals surface area contributed by atoms with Crippen molar-refractivity contribution in [2.45, 2.75) is 31.6 Å². The van der Waals surface area contributed by atoms with Gasteiger partial charge in [0.25, 0.3) is 0 Å². The van der Waals surface area contributed by atoms with Gasteiger partial charge in [0.15, 0.2) is 0 Å². The van der Waals surface area contributed by atoms with Crippen molar-refractivity contribution < 1.29 is 22.6 Å². The third-order valence-electron chi connectivity index (χ3n) is 7.92. The highest BCUT2D eigenvalue weighted by molar-refractivity contribution is 6.32. The molecule has 1 aliphatic rings. The van der Waals surface area contributed by atoms with Crippen LogP contribution >= 0.6 is 11.6 Å². The van der Waals surface area contributed by atoms with Gasteiger partial charge >= 0.3 is 6.18 Å². The van der Waals surface area contributed by atoms with E-state index >= 15 is 0 Å². The highest BCUT2D eigenvalue weighted by Crippen LogP contribution is 2.37. The molecule has 4 aromatic carbocycles. The van der Waals surface area contributed by atoms with Crippen LogP contribution in [0.1, 0.15) is 40.2 Å². The van der Waals surface area contributed by atoms with E-state index in [4.69, 9.17) is 21.1 Å². The van der Waals surface area contributed by atoms with E-state index in [9.17, 15) is 13.2 Å². The number of benzene rings is 4. The molecule has 5 rings (SSSR count). The highest BCUT2D eigenvalue weighted by Gasteiger charge is 2.34. The van der Waals surface area contributed by atoms with Crippen LogP contribution in [0.2, 0.25) is 5.02 Å². The van der Waals surface area contributed by atoms with Gasteiger partial charge in [-0.2, -0.15) is 13.2 Å². The Kier molecular flexibility index (Phi) is 11.3. The summed E-state index contributed by atoms with van der Waals surface area (Å²) >= 11 is 6.35. The lowest BCUT2D eigenvalue weighted by molar-refractivity contribution is -0.137. The van der Waals surface area contributed by atoms with Crippen molar-refractivity contribution in [1.29, 1.82) is 0 Å². The van der Waals surface area contributed by atoms with Gasteiger partial charge in [0.1, 0.15) is 5.75 Å². The first-order valence-electron chi connectivity index (χ1n) is 15.1. The van der Waals surface area contributed by atoms with Gasteiger partial charge in [0, 0.05) is 45.2 Å². The molecule has 0 saturated carbocycles. The van der Waals surface area contributed by atoms with Crippen LogP contribution in [0.4, 0.5) is 13.2 Å². The predicted octanol–water partition coefficient (Wildman–Crippen LogP) is 8.29. The monoisotopic (exact) mass is 622 g/mol. The van der Waals surface area contributed by atoms with Crippen LogP contribution in [-0.2, 0) is 24.0 Å². The average molecular weight is 623 g/mol. The van der Waals surface area contributed by atoms with Crippen LogP contribution in [0.5, 0.6) is 5.75 Å². The minimum absolute atomic E-state index is 0.0276. The molecule has 1 aliphatic heterocycles. The Bertz CT molecular complexity index is 1410. The van der Waals surface area contributed by atoms with E-state index < -0.39 is 11.7 Å². The van der Waals surface area contributed by atoms with Crippen LogP contribution in [0.3, 0.4) is 0 Å². The molecule has 4 aromatic rings. The van der Waals surface area contributed by atoms with Crippen molar-refractivity contribution >= 4 is 11.6 Å². The molecule has 232 valence electrons. The summed E-state index contributed by atoms with van der Waals surface area (Å²) in [5, 5.41) is -0.241. The van der Waals surface area contributed by atoms with Crippen LogP contribution in [0.25, 0.3) is 0 Å². The summed E-state index contributed by atoms with van der Waals surface area (Å²) in [4.78, 5) is 4.56. The van der Waals surface area contributed by atoms with Gasteiger partial charge in [-0.3, -0.25) is 9.80 Å². The molecule has 1 heterocycles. The second kappa shape index (κ2) is 15.6. The van der Waals surface area contributed by atoms with Crippen LogP contribution in [-0.4, -0.2) is 55.8 Å². The summed E-state index contributed by atoms with van der Waals surface area (Å²) in [6.07, 6.45) is -3.82. The number of hydrogen-bond donors (Lipinski definition) is 0. The van der Waals surface area contributed by atoms with E-state index in [1.165, 1.54) is 11.6 Å². The van der Waals surface area contributed by atoms with E-state index in [-0.39, 0.29) is 17.5 Å². The number of alkyl halides is 3. The molecule has 0 aliphatic carbocycles. The molecule has 0 atom stereocenters. The lowest BCUT2D eigenvalue weighted by Crippen LogP contribution is -2.35. The fourth-order valence-corrected chi connectivity index (χ4v) is 5.95. The highest BCUT2D eigenvalue weighted by atomic mass is 35.5. The van der Waals surface area contributed by atoms with Gasteiger partial charge in [0.2, 0.25) is 0 Å². The van der Waals surface area contributed by atoms with E-state index in [2.05, 4.69) is 46.2 Å². The van der Waals surface area contributed by atoms with Crippen LogP contribution < -0.4 is 4.74 Å². The molecule has 4 nitrogen and oxygen atoms in total. The lowest BCUT2D eigenvalue weighted by Gasteiger charge is -2.29. The Morgan fingerprint density at radius 2 is 1.50 bits per heavy atom. The summed E-state index contributed by atoms with van der Waals surface area (Å²) < 4.78 is 52.6. The summed E-state index contributed by atoms with van der Waals surface area (Å²) in [6, 6.07) is 32.7. The lowest BCUT2D eigenvalue weighted by atomic mass is 9.90. The Labute approximate surface area is 263 Å². The molecule has 0 N–H and O–H groups in total. The first kappa shape index (κ1) is 32.0. The fraction of sp³-hybridized carbons (Fsp3) is 0.333. The molecule has 0 amide bonds. The van der Waals surface area contributed by atoms with Crippen molar-refractivity contribution in [2.24, 2.45) is 0 Å². The van der Waals surface area contributed by atoms with Gasteiger partial charge in [-0.15, -0.1) is 0 Å². The first-order chi connectivity index (χ1) is 21.4. The smallest absolute Gasteiger partial charge is 0.417 e. The zero-order chi connectivity index (χ0) is 30.8. The largest absolute Gasteiger partial charge is 0.494 e. The van der Waals surface area contributed by atoms with Gasteiger partial charge in [-0.1, -0.05) is 96.5 Å². The molecule has 0 spiro atoms. The third-order valence-corrected chi connectivity index (χ3v) is 8.36. The normalized spacial score (nSPS) is 14.3. The Hall–Kier alpha value is -3.36. The minimum Gasteiger partial charge on any atom is -0.494 e. The average Bonchev–Trinajstić information content (AvgIpc) is 3.03. The van der Waals surface area contributed by atoms with Crippen molar-refractivity contribution in [3.05, 3.63) is 136 Å². The van der Waals surface area contributed by atoms with Crippen molar-refractivity contribution in [2.75, 3.05) is 46.0 Å². The second-order valence-electron chi connectivity index (χ2n) is 11.1. The molecule has 8 heteroatoms. The maximum Gasteiger partial charge on any atom is 0.417 e. The van der Waals surface area contributed by atoms with Crippen molar-refractivity contribution in [3.63, 3.8) is 0 Å². The molecule has 0 radical (unpaired) electrons. The number of ether oxygens (including phenoxy) is 2. The molecule has 1 saturated heterocycles. The van der Waals surface area contributed by atoms with E-state index in [1.54, 1.807) is 6.07 Å². The summed E-state index contributed by atoms with van der Waals surface area (Å²) in [5.41, 5.74) is 3.14.